The van der Waals surface area contributed by atoms with Crippen LogP contribution in [0.5, 0.6) is 11.5 Å². The monoisotopic (exact) mass is 351 g/mol. The van der Waals surface area contributed by atoms with Crippen LogP contribution in [0.4, 0.5) is 0 Å². The van der Waals surface area contributed by atoms with Gasteiger partial charge in [-0.15, -0.1) is 0 Å². The van der Waals surface area contributed by atoms with Gasteiger partial charge in [-0.3, -0.25) is 4.79 Å². The van der Waals surface area contributed by atoms with Crippen molar-refractivity contribution >= 4 is 5.91 Å². The van der Waals surface area contributed by atoms with Crippen molar-refractivity contribution in [3.63, 3.8) is 0 Å². The standard InChI is InChI=1S/C22H25NO3/c1-14-10-16-11-15(8-9-19(16)25-13-14)21(24)23-18-12-22(2,3)26-20-7-5-4-6-17(18)20/h4-9,11,14,18H,10,12-13H2,1-3H3,(H,23,24)/t14-,18?/m0/s1. The van der Waals surface area contributed by atoms with E-state index in [-0.39, 0.29) is 17.6 Å². The Hall–Kier alpha value is -2.49. The molecule has 0 radical (unpaired) electrons. The van der Waals surface area contributed by atoms with Crippen LogP contribution < -0.4 is 14.8 Å². The van der Waals surface area contributed by atoms with Crippen molar-refractivity contribution in [2.75, 3.05) is 6.61 Å². The molecular formula is C22H25NO3. The number of hydrogen-bond acceptors (Lipinski definition) is 3. The summed E-state index contributed by atoms with van der Waals surface area (Å²) >= 11 is 0. The zero-order valence-electron chi connectivity index (χ0n) is 15.5. The summed E-state index contributed by atoms with van der Waals surface area (Å²) < 4.78 is 11.8. The first-order chi connectivity index (χ1) is 12.4. The molecule has 0 fully saturated rings. The summed E-state index contributed by atoms with van der Waals surface area (Å²) in [6.07, 6.45) is 1.68. The first kappa shape index (κ1) is 17.0. The molecule has 1 amide bonds. The number of nitrogens with one attached hydrogen (secondary N) is 1. The van der Waals surface area contributed by atoms with Crippen molar-refractivity contribution in [1.29, 1.82) is 0 Å². The maximum Gasteiger partial charge on any atom is 0.251 e. The van der Waals surface area contributed by atoms with Gasteiger partial charge >= 0.3 is 0 Å². The molecule has 0 saturated heterocycles. The van der Waals surface area contributed by atoms with Gasteiger partial charge in [0, 0.05) is 17.5 Å². The normalized spacial score (nSPS) is 23.0. The van der Waals surface area contributed by atoms with Gasteiger partial charge in [0.1, 0.15) is 17.1 Å². The summed E-state index contributed by atoms with van der Waals surface area (Å²) in [5.74, 6) is 2.17. The third kappa shape index (κ3) is 3.28. The van der Waals surface area contributed by atoms with Crippen molar-refractivity contribution in [1.82, 2.24) is 5.32 Å². The third-order valence-corrected chi connectivity index (χ3v) is 5.10. The Morgan fingerprint density at radius 1 is 1.15 bits per heavy atom. The molecule has 136 valence electrons. The maximum absolute atomic E-state index is 12.9. The van der Waals surface area contributed by atoms with Crippen LogP contribution in [0, 0.1) is 5.92 Å². The molecule has 26 heavy (non-hydrogen) atoms. The smallest absolute Gasteiger partial charge is 0.251 e. The minimum Gasteiger partial charge on any atom is -0.493 e. The fraction of sp³-hybridized carbons (Fsp3) is 0.409. The highest BCUT2D eigenvalue weighted by Gasteiger charge is 2.34. The fourth-order valence-corrected chi connectivity index (χ4v) is 3.86. The number of ether oxygens (including phenoxy) is 2. The Balaban J connectivity index is 1.58. The Labute approximate surface area is 154 Å². The average molecular weight is 351 g/mol. The predicted molar refractivity (Wildman–Crippen MR) is 101 cm³/mol. The minimum atomic E-state index is -0.314. The number of carbonyl (C=O) groups is 1. The van der Waals surface area contributed by atoms with Gasteiger partial charge in [-0.25, -0.2) is 0 Å². The van der Waals surface area contributed by atoms with Crippen LogP contribution in [0.25, 0.3) is 0 Å². The number of rotatable bonds is 2. The number of amides is 1. The number of para-hydroxylation sites is 1. The summed E-state index contributed by atoms with van der Waals surface area (Å²) in [6, 6.07) is 13.6. The zero-order valence-corrected chi connectivity index (χ0v) is 15.5. The van der Waals surface area contributed by atoms with Gasteiger partial charge in [0.25, 0.3) is 5.91 Å². The molecule has 0 aromatic heterocycles. The van der Waals surface area contributed by atoms with Crippen molar-refractivity contribution in [2.24, 2.45) is 5.92 Å². The van der Waals surface area contributed by atoms with Crippen LogP contribution in [0.15, 0.2) is 42.5 Å². The molecule has 2 aliphatic rings. The van der Waals surface area contributed by atoms with E-state index in [4.69, 9.17) is 9.47 Å². The maximum atomic E-state index is 12.9. The molecular weight excluding hydrogens is 326 g/mol. The summed E-state index contributed by atoms with van der Waals surface area (Å²) in [7, 11) is 0. The summed E-state index contributed by atoms with van der Waals surface area (Å²) in [4.78, 5) is 12.9. The van der Waals surface area contributed by atoms with Crippen molar-refractivity contribution < 1.29 is 14.3 Å². The van der Waals surface area contributed by atoms with Crippen molar-refractivity contribution in [3.8, 4) is 11.5 Å². The van der Waals surface area contributed by atoms with Crippen LogP contribution in [0.2, 0.25) is 0 Å². The van der Waals surface area contributed by atoms with E-state index in [1.807, 2.05) is 42.5 Å². The van der Waals surface area contributed by atoms with E-state index in [0.29, 0.717) is 11.5 Å². The lowest BCUT2D eigenvalue weighted by Gasteiger charge is -2.37. The highest BCUT2D eigenvalue weighted by molar-refractivity contribution is 5.95. The van der Waals surface area contributed by atoms with E-state index >= 15 is 0 Å². The van der Waals surface area contributed by atoms with Gasteiger partial charge in [0.15, 0.2) is 0 Å². The lowest BCUT2D eigenvalue weighted by atomic mass is 9.89. The number of carbonyl (C=O) groups excluding carboxylic acids is 1. The number of fused-ring (bicyclic) bond motifs is 2. The molecule has 0 saturated carbocycles. The Morgan fingerprint density at radius 3 is 2.81 bits per heavy atom. The molecule has 0 bridgehead atoms. The molecule has 4 heteroatoms. The number of benzene rings is 2. The van der Waals surface area contributed by atoms with E-state index in [2.05, 4.69) is 26.1 Å². The lowest BCUT2D eigenvalue weighted by molar-refractivity contribution is 0.0619. The highest BCUT2D eigenvalue weighted by Crippen LogP contribution is 2.39. The van der Waals surface area contributed by atoms with Crippen LogP contribution in [0.3, 0.4) is 0 Å². The van der Waals surface area contributed by atoms with Crippen LogP contribution in [-0.4, -0.2) is 18.1 Å². The fourth-order valence-electron chi connectivity index (χ4n) is 3.86. The average Bonchev–Trinajstić information content (AvgIpc) is 2.60. The molecule has 1 N–H and O–H groups in total. The van der Waals surface area contributed by atoms with Crippen molar-refractivity contribution in [2.45, 2.75) is 45.3 Å². The third-order valence-electron chi connectivity index (χ3n) is 5.10. The second-order valence-corrected chi connectivity index (χ2v) is 8.07. The number of hydrogen-bond donors (Lipinski definition) is 1. The van der Waals surface area contributed by atoms with Crippen LogP contribution in [-0.2, 0) is 6.42 Å². The van der Waals surface area contributed by atoms with Crippen LogP contribution >= 0.6 is 0 Å². The van der Waals surface area contributed by atoms with E-state index in [9.17, 15) is 4.79 Å². The first-order valence-electron chi connectivity index (χ1n) is 9.26. The molecule has 2 aromatic carbocycles. The van der Waals surface area contributed by atoms with E-state index in [0.717, 1.165) is 42.1 Å². The molecule has 1 unspecified atom stereocenters. The van der Waals surface area contributed by atoms with Gasteiger partial charge in [-0.05, 0) is 56.0 Å². The molecule has 0 aliphatic carbocycles. The second-order valence-electron chi connectivity index (χ2n) is 8.07. The Morgan fingerprint density at radius 2 is 1.96 bits per heavy atom. The Bertz CT molecular complexity index is 843. The van der Waals surface area contributed by atoms with Gasteiger partial charge in [-0.1, -0.05) is 25.1 Å². The van der Waals surface area contributed by atoms with Gasteiger partial charge in [0.05, 0.1) is 12.6 Å². The molecule has 2 aromatic rings. The second kappa shape index (κ2) is 6.35. The summed E-state index contributed by atoms with van der Waals surface area (Å²) in [5, 5.41) is 3.21. The topological polar surface area (TPSA) is 47.6 Å². The minimum absolute atomic E-state index is 0.0523. The molecule has 4 nitrogen and oxygen atoms in total. The van der Waals surface area contributed by atoms with Gasteiger partial charge in [-0.2, -0.15) is 0 Å². The molecule has 0 spiro atoms. The van der Waals surface area contributed by atoms with Crippen molar-refractivity contribution in [3.05, 3.63) is 59.2 Å². The predicted octanol–water partition coefficient (Wildman–Crippen LogP) is 4.29. The molecule has 2 aliphatic heterocycles. The molecule has 2 atom stereocenters. The lowest BCUT2D eigenvalue weighted by Crippen LogP contribution is -2.41. The molecule has 2 heterocycles. The summed E-state index contributed by atoms with van der Waals surface area (Å²) in [6.45, 7) is 7.02. The van der Waals surface area contributed by atoms with Gasteiger partial charge in [0.2, 0.25) is 0 Å². The Kier molecular flexibility index (Phi) is 4.14. The quantitative estimate of drug-likeness (QED) is 0.878. The van der Waals surface area contributed by atoms with Crippen LogP contribution in [0.1, 0.15) is 54.7 Å². The van der Waals surface area contributed by atoms with E-state index in [1.54, 1.807) is 0 Å². The van der Waals surface area contributed by atoms with E-state index < -0.39 is 0 Å². The molecule has 4 rings (SSSR count). The largest absolute Gasteiger partial charge is 0.493 e. The highest BCUT2D eigenvalue weighted by atomic mass is 16.5. The van der Waals surface area contributed by atoms with E-state index in [1.165, 1.54) is 0 Å². The first-order valence-corrected chi connectivity index (χ1v) is 9.26. The SMILES string of the molecule is C[C@@H]1COc2ccc(C(=O)NC3CC(C)(C)Oc4ccccc43)cc2C1. The van der Waals surface area contributed by atoms with Gasteiger partial charge < -0.3 is 14.8 Å². The zero-order chi connectivity index (χ0) is 18.3. The summed E-state index contributed by atoms with van der Waals surface area (Å²) in [5.41, 5.74) is 2.52.